The first kappa shape index (κ1) is 36.3. The predicted molar refractivity (Wildman–Crippen MR) is 170 cm³/mol. The number of fused-ring (bicyclic) bond motifs is 2. The van der Waals surface area contributed by atoms with Crippen molar-refractivity contribution in [2.24, 2.45) is 5.92 Å². The molecule has 0 saturated carbocycles. The smallest absolute Gasteiger partial charge is 0.389 e. The van der Waals surface area contributed by atoms with Crippen LogP contribution in [0.25, 0.3) is 0 Å². The Kier molecular flexibility index (Phi) is 12.8. The van der Waals surface area contributed by atoms with Gasteiger partial charge in [0, 0.05) is 44.3 Å². The Bertz CT molecular complexity index is 1360. The van der Waals surface area contributed by atoms with Crippen LogP contribution in [-0.2, 0) is 16.1 Å². The molecule has 2 N–H and O–H groups in total. The molecule has 260 valence electrons. The lowest BCUT2D eigenvalue weighted by atomic mass is 10.0. The standard InChI is InChI=1S/C34H46F3N3O7/c1-22-17-40(23(2)20-41)33(43)27-16-26(38-32(42)12-13-34(35,36)37)9-11-28(27)47-24(3)7-5-6-14-44-31(22)19-39(4)18-25-8-10-29-30(15-25)46-21-45-29/h8-11,15-16,22-24,31,41H,5-7,12-14,17-21H2,1-4H3,(H,38,42)/t22-,23+,24-,31-/m1/s1. The Morgan fingerprint density at radius 1 is 1.11 bits per heavy atom. The molecule has 0 unspecified atom stereocenters. The van der Waals surface area contributed by atoms with Crippen LogP contribution in [0.5, 0.6) is 17.2 Å². The highest BCUT2D eigenvalue weighted by molar-refractivity contribution is 5.99. The number of aliphatic hydroxyl groups is 1. The third-order valence-corrected chi connectivity index (χ3v) is 8.35. The minimum Gasteiger partial charge on any atom is -0.490 e. The maximum Gasteiger partial charge on any atom is 0.389 e. The average molecular weight is 666 g/mol. The highest BCUT2D eigenvalue weighted by atomic mass is 19.4. The van der Waals surface area contributed by atoms with Crippen molar-refractivity contribution in [1.29, 1.82) is 0 Å². The van der Waals surface area contributed by atoms with E-state index in [1.807, 2.05) is 39.1 Å². The molecule has 2 aromatic carbocycles. The van der Waals surface area contributed by atoms with E-state index in [2.05, 4.69) is 10.2 Å². The third-order valence-electron chi connectivity index (χ3n) is 8.35. The monoisotopic (exact) mass is 665 g/mol. The lowest BCUT2D eigenvalue weighted by molar-refractivity contribution is -0.142. The van der Waals surface area contributed by atoms with Crippen molar-refractivity contribution >= 4 is 17.5 Å². The van der Waals surface area contributed by atoms with E-state index in [9.17, 15) is 27.9 Å². The number of ether oxygens (including phenoxy) is 4. The lowest BCUT2D eigenvalue weighted by Gasteiger charge is -2.36. The first-order valence-electron chi connectivity index (χ1n) is 16.1. The van der Waals surface area contributed by atoms with E-state index in [-0.39, 0.29) is 49.3 Å². The minimum atomic E-state index is -4.46. The van der Waals surface area contributed by atoms with Crippen LogP contribution in [0.2, 0.25) is 0 Å². The number of halogens is 3. The van der Waals surface area contributed by atoms with Gasteiger partial charge in [0.1, 0.15) is 5.75 Å². The Hall–Kier alpha value is -3.55. The number of anilines is 1. The maximum absolute atomic E-state index is 14.2. The Labute approximate surface area is 274 Å². The van der Waals surface area contributed by atoms with E-state index in [0.29, 0.717) is 37.6 Å². The lowest BCUT2D eigenvalue weighted by Crippen LogP contribution is -2.47. The predicted octanol–water partition coefficient (Wildman–Crippen LogP) is 5.62. The number of amides is 2. The van der Waals surface area contributed by atoms with Crippen molar-refractivity contribution < 1.29 is 46.8 Å². The summed E-state index contributed by atoms with van der Waals surface area (Å²) in [6, 6.07) is 9.78. The molecule has 13 heteroatoms. The maximum atomic E-state index is 14.2. The van der Waals surface area contributed by atoms with Gasteiger partial charge < -0.3 is 34.3 Å². The van der Waals surface area contributed by atoms with Crippen LogP contribution in [0.4, 0.5) is 18.9 Å². The van der Waals surface area contributed by atoms with Gasteiger partial charge in [-0.2, -0.15) is 13.2 Å². The summed E-state index contributed by atoms with van der Waals surface area (Å²) in [5.74, 6) is 0.337. The molecule has 2 aliphatic rings. The van der Waals surface area contributed by atoms with E-state index in [4.69, 9.17) is 18.9 Å². The zero-order valence-electron chi connectivity index (χ0n) is 27.5. The number of benzene rings is 2. The molecule has 0 radical (unpaired) electrons. The summed E-state index contributed by atoms with van der Waals surface area (Å²) in [5, 5.41) is 12.6. The van der Waals surface area contributed by atoms with E-state index < -0.39 is 36.9 Å². The first-order valence-corrected chi connectivity index (χ1v) is 16.1. The number of nitrogens with zero attached hydrogens (tertiary/aromatic N) is 2. The van der Waals surface area contributed by atoms with E-state index in [0.717, 1.165) is 24.2 Å². The Morgan fingerprint density at radius 3 is 2.60 bits per heavy atom. The first-order chi connectivity index (χ1) is 22.3. The number of hydrogen-bond donors (Lipinski definition) is 2. The molecule has 0 saturated heterocycles. The van der Waals surface area contributed by atoms with Gasteiger partial charge in [-0.25, -0.2) is 0 Å². The number of hydrogen-bond acceptors (Lipinski definition) is 8. The second-order valence-corrected chi connectivity index (χ2v) is 12.6. The third kappa shape index (κ3) is 10.7. The van der Waals surface area contributed by atoms with Crippen LogP contribution in [0, 0.1) is 5.92 Å². The molecular weight excluding hydrogens is 619 g/mol. The number of likely N-dealkylation sites (N-methyl/N-ethyl adjacent to an activating group) is 1. The van der Waals surface area contributed by atoms with E-state index in [1.165, 1.54) is 12.1 Å². The quantitative estimate of drug-likeness (QED) is 0.355. The fourth-order valence-electron chi connectivity index (χ4n) is 5.66. The minimum absolute atomic E-state index is 0.146. The molecule has 2 aliphatic heterocycles. The summed E-state index contributed by atoms with van der Waals surface area (Å²) in [4.78, 5) is 30.2. The number of nitrogens with one attached hydrogen (secondary N) is 1. The van der Waals surface area contributed by atoms with Gasteiger partial charge in [-0.15, -0.1) is 0 Å². The summed E-state index contributed by atoms with van der Waals surface area (Å²) in [6.45, 7) is 7.56. The molecule has 2 aromatic rings. The van der Waals surface area contributed by atoms with Gasteiger partial charge in [0.05, 0.1) is 36.8 Å². The van der Waals surface area contributed by atoms with Crippen LogP contribution in [-0.4, -0.2) is 91.3 Å². The fraction of sp³-hybridized carbons (Fsp3) is 0.588. The second-order valence-electron chi connectivity index (χ2n) is 12.6. The van der Waals surface area contributed by atoms with Gasteiger partial charge in [0.15, 0.2) is 11.5 Å². The number of aliphatic hydroxyl groups excluding tert-OH is 1. The van der Waals surface area contributed by atoms with Crippen molar-refractivity contribution in [3.8, 4) is 17.2 Å². The topological polar surface area (TPSA) is 110 Å². The number of rotatable bonds is 9. The molecule has 0 bridgehead atoms. The summed E-state index contributed by atoms with van der Waals surface area (Å²) in [5.41, 5.74) is 1.38. The largest absolute Gasteiger partial charge is 0.490 e. The van der Waals surface area contributed by atoms with Gasteiger partial charge in [-0.05, 0) is 76.1 Å². The van der Waals surface area contributed by atoms with Gasteiger partial charge >= 0.3 is 6.18 Å². The average Bonchev–Trinajstić information content (AvgIpc) is 3.49. The molecule has 10 nitrogen and oxygen atoms in total. The highest BCUT2D eigenvalue weighted by Crippen LogP contribution is 2.33. The van der Waals surface area contributed by atoms with Gasteiger partial charge in [0.2, 0.25) is 12.7 Å². The van der Waals surface area contributed by atoms with Crippen molar-refractivity contribution in [2.45, 2.75) is 83.8 Å². The molecule has 4 atom stereocenters. The van der Waals surface area contributed by atoms with Crippen LogP contribution >= 0.6 is 0 Å². The van der Waals surface area contributed by atoms with E-state index >= 15 is 0 Å². The second kappa shape index (κ2) is 16.5. The van der Waals surface area contributed by atoms with Crippen LogP contribution in [0.1, 0.15) is 68.8 Å². The Morgan fingerprint density at radius 2 is 1.85 bits per heavy atom. The van der Waals surface area contributed by atoms with Crippen molar-refractivity contribution in [1.82, 2.24) is 9.80 Å². The van der Waals surface area contributed by atoms with E-state index in [1.54, 1.807) is 17.9 Å². The highest BCUT2D eigenvalue weighted by Gasteiger charge is 2.31. The molecule has 47 heavy (non-hydrogen) atoms. The molecule has 2 heterocycles. The SMILES string of the molecule is C[C@@H]1CCCCO[C@H](CN(C)Cc2ccc3c(c2)OCO3)[C@H](C)CN([C@@H](C)CO)C(=O)c2cc(NC(=O)CCC(F)(F)F)ccc2O1. The molecule has 0 fully saturated rings. The van der Waals surface area contributed by atoms with Crippen molar-refractivity contribution in [2.75, 3.05) is 45.5 Å². The van der Waals surface area contributed by atoms with Gasteiger partial charge in [0.25, 0.3) is 5.91 Å². The summed E-state index contributed by atoms with van der Waals surface area (Å²) in [6.07, 6.45) is -4.60. The Balaban J connectivity index is 1.56. The zero-order chi connectivity index (χ0) is 34.1. The molecule has 0 aromatic heterocycles. The normalized spacial score (nSPS) is 21.5. The van der Waals surface area contributed by atoms with Crippen molar-refractivity contribution in [3.63, 3.8) is 0 Å². The number of carbonyl (C=O) groups excluding carboxylic acids is 2. The molecular formula is C34H46F3N3O7. The fourth-order valence-corrected chi connectivity index (χ4v) is 5.66. The zero-order valence-corrected chi connectivity index (χ0v) is 27.5. The van der Waals surface area contributed by atoms with Crippen LogP contribution in [0.15, 0.2) is 36.4 Å². The van der Waals surface area contributed by atoms with Crippen LogP contribution < -0.4 is 19.5 Å². The number of alkyl halides is 3. The van der Waals surface area contributed by atoms with Gasteiger partial charge in [-0.3, -0.25) is 14.5 Å². The van der Waals surface area contributed by atoms with Crippen molar-refractivity contribution in [3.05, 3.63) is 47.5 Å². The summed E-state index contributed by atoms with van der Waals surface area (Å²) >= 11 is 0. The molecule has 0 spiro atoms. The number of carbonyl (C=O) groups is 2. The molecule has 0 aliphatic carbocycles. The van der Waals surface area contributed by atoms with Gasteiger partial charge in [-0.1, -0.05) is 13.0 Å². The molecule has 2 amide bonds. The molecule has 4 rings (SSSR count). The summed E-state index contributed by atoms with van der Waals surface area (Å²) < 4.78 is 61.6. The summed E-state index contributed by atoms with van der Waals surface area (Å²) in [7, 11) is 2.01. The van der Waals surface area contributed by atoms with Crippen LogP contribution in [0.3, 0.4) is 0 Å².